The zero-order valence-corrected chi connectivity index (χ0v) is 21.9. The number of carbonyl (C=O) groups is 2. The van der Waals surface area contributed by atoms with Crippen LogP contribution in [0, 0.1) is 5.92 Å². The van der Waals surface area contributed by atoms with E-state index in [4.69, 9.17) is 0 Å². The predicted octanol–water partition coefficient (Wildman–Crippen LogP) is 2.83. The van der Waals surface area contributed by atoms with Crippen LogP contribution in [0.5, 0.6) is 0 Å². The van der Waals surface area contributed by atoms with E-state index in [2.05, 4.69) is 70.9 Å². The molecule has 2 aromatic carbocycles. The maximum Gasteiger partial charge on any atom is 0.223 e. The van der Waals surface area contributed by atoms with E-state index in [0.717, 1.165) is 51.7 Å². The third-order valence-corrected chi connectivity index (χ3v) is 7.49. The molecule has 37 heavy (non-hydrogen) atoms. The van der Waals surface area contributed by atoms with Gasteiger partial charge in [0.05, 0.1) is 0 Å². The average molecular weight is 528 g/mol. The highest BCUT2D eigenvalue weighted by Crippen LogP contribution is 2.38. The number of amides is 2. The zero-order valence-electron chi connectivity index (χ0n) is 21.1. The van der Waals surface area contributed by atoms with Crippen molar-refractivity contribution in [1.82, 2.24) is 15.1 Å². The van der Waals surface area contributed by atoms with Crippen LogP contribution in [0.2, 0.25) is 0 Å². The van der Waals surface area contributed by atoms with E-state index in [1.54, 1.807) is 4.90 Å². The second kappa shape index (κ2) is 14.1. The highest BCUT2D eigenvalue weighted by Gasteiger charge is 2.25. The number of benzene rings is 2. The molecule has 8 heteroatoms. The first-order valence-electron chi connectivity index (χ1n) is 12.5. The quantitative estimate of drug-likeness (QED) is 0.514. The first-order chi connectivity index (χ1) is 16.7. The second-order valence-electron chi connectivity index (χ2n) is 9.53. The van der Waals surface area contributed by atoms with Crippen molar-refractivity contribution in [2.75, 3.05) is 39.3 Å². The summed E-state index contributed by atoms with van der Waals surface area (Å²) in [5, 5.41) is 3.13. The normalized spacial score (nSPS) is 17.2. The summed E-state index contributed by atoms with van der Waals surface area (Å²) in [6.07, 6.45) is 9.00. The van der Waals surface area contributed by atoms with Crippen molar-refractivity contribution >= 4 is 42.4 Å². The maximum atomic E-state index is 12.5. The SMILES string of the molecule is Cl.O.O.O=CN1CCC(C(=O)NCCN2CCC(=C3c4ccccc4C=Cc4ccccc43)CC2)CC1. The number of fused-ring (bicyclic) bond motifs is 2. The Labute approximate surface area is 225 Å². The molecule has 1 aliphatic carbocycles. The number of nitrogens with zero attached hydrogens (tertiary/aromatic N) is 2. The second-order valence-corrected chi connectivity index (χ2v) is 9.53. The van der Waals surface area contributed by atoms with E-state index in [0.29, 0.717) is 19.6 Å². The van der Waals surface area contributed by atoms with E-state index in [1.165, 1.54) is 33.4 Å². The standard InChI is InChI=1S/C29H33N3O2.ClH.2H2O/c33-21-32-18-13-25(14-19-32)29(34)30-15-20-31-16-11-24(12-17-31)28-26-7-3-1-5-22(26)9-10-23-6-2-4-8-27(23)28;;;/h1-10,21,25H,11-20H2,(H,30,34);1H;2*1H2. The first kappa shape index (κ1) is 30.3. The summed E-state index contributed by atoms with van der Waals surface area (Å²) in [6, 6.07) is 17.4. The molecule has 2 heterocycles. The van der Waals surface area contributed by atoms with Crippen molar-refractivity contribution in [3.63, 3.8) is 0 Å². The van der Waals surface area contributed by atoms with Crippen molar-refractivity contribution in [3.8, 4) is 0 Å². The summed E-state index contributed by atoms with van der Waals surface area (Å²) in [6.45, 7) is 4.98. The summed E-state index contributed by atoms with van der Waals surface area (Å²) < 4.78 is 0. The molecule has 0 atom stereocenters. The Bertz CT molecular complexity index is 1060. The van der Waals surface area contributed by atoms with Crippen LogP contribution in [0.1, 0.15) is 47.9 Å². The molecule has 2 aromatic rings. The first-order valence-corrected chi connectivity index (χ1v) is 12.5. The molecule has 5 N–H and O–H groups in total. The maximum absolute atomic E-state index is 12.5. The van der Waals surface area contributed by atoms with Crippen molar-refractivity contribution in [3.05, 3.63) is 76.4 Å². The van der Waals surface area contributed by atoms with Gasteiger partial charge in [0.2, 0.25) is 12.3 Å². The van der Waals surface area contributed by atoms with Gasteiger partial charge < -0.3 is 26.1 Å². The molecule has 0 aromatic heterocycles. The van der Waals surface area contributed by atoms with Gasteiger partial charge in [-0.25, -0.2) is 0 Å². The molecule has 0 spiro atoms. The van der Waals surface area contributed by atoms with Crippen LogP contribution in [-0.2, 0) is 9.59 Å². The van der Waals surface area contributed by atoms with Crippen LogP contribution in [0.4, 0.5) is 0 Å². The number of hydrogen-bond donors (Lipinski definition) is 1. The van der Waals surface area contributed by atoms with Gasteiger partial charge in [0.1, 0.15) is 0 Å². The summed E-state index contributed by atoms with van der Waals surface area (Å²) in [5.41, 5.74) is 8.17. The summed E-state index contributed by atoms with van der Waals surface area (Å²) in [7, 11) is 0. The summed E-state index contributed by atoms with van der Waals surface area (Å²) in [4.78, 5) is 27.6. The van der Waals surface area contributed by atoms with Crippen molar-refractivity contribution in [1.29, 1.82) is 0 Å². The number of likely N-dealkylation sites (tertiary alicyclic amines) is 2. The smallest absolute Gasteiger partial charge is 0.223 e. The fraction of sp³-hybridized carbons (Fsp3) is 0.379. The van der Waals surface area contributed by atoms with Crippen LogP contribution in [0.25, 0.3) is 17.7 Å². The van der Waals surface area contributed by atoms with Gasteiger partial charge in [-0.3, -0.25) is 9.59 Å². The Kier molecular flexibility index (Phi) is 11.5. The molecule has 0 saturated carbocycles. The summed E-state index contributed by atoms with van der Waals surface area (Å²) >= 11 is 0. The van der Waals surface area contributed by atoms with Crippen molar-refractivity contribution < 1.29 is 20.5 Å². The number of carbonyl (C=O) groups excluding carboxylic acids is 2. The molecule has 0 unspecified atom stereocenters. The number of nitrogens with one attached hydrogen (secondary N) is 1. The molecule has 200 valence electrons. The molecular formula is C29H38ClN3O4. The fourth-order valence-electron chi connectivity index (χ4n) is 5.49. The van der Waals surface area contributed by atoms with Gasteiger partial charge in [0.15, 0.2) is 0 Å². The number of hydrogen-bond acceptors (Lipinski definition) is 3. The monoisotopic (exact) mass is 527 g/mol. The lowest BCUT2D eigenvalue weighted by Crippen LogP contribution is -2.43. The molecule has 2 saturated heterocycles. The van der Waals surface area contributed by atoms with E-state index in [-0.39, 0.29) is 35.2 Å². The molecule has 0 radical (unpaired) electrons. The average Bonchev–Trinajstić information content (AvgIpc) is 3.06. The molecular weight excluding hydrogens is 490 g/mol. The topological polar surface area (TPSA) is 116 Å². The number of piperidine rings is 2. The number of rotatable bonds is 5. The zero-order chi connectivity index (χ0) is 23.3. The van der Waals surface area contributed by atoms with Gasteiger partial charge in [-0.1, -0.05) is 66.3 Å². The van der Waals surface area contributed by atoms with Crippen LogP contribution in [0.15, 0.2) is 54.1 Å². The Balaban J connectivity index is 0.00000160. The van der Waals surface area contributed by atoms with Gasteiger partial charge in [-0.2, -0.15) is 0 Å². The highest BCUT2D eigenvalue weighted by atomic mass is 35.5. The molecule has 7 nitrogen and oxygen atoms in total. The van der Waals surface area contributed by atoms with Gasteiger partial charge in [-0.15, -0.1) is 12.4 Å². The Morgan fingerprint density at radius 2 is 1.41 bits per heavy atom. The van der Waals surface area contributed by atoms with Gasteiger partial charge in [0, 0.05) is 45.2 Å². The van der Waals surface area contributed by atoms with E-state index >= 15 is 0 Å². The molecule has 2 fully saturated rings. The minimum atomic E-state index is 0. The minimum absolute atomic E-state index is 0. The van der Waals surface area contributed by atoms with Gasteiger partial charge in [-0.05, 0) is 53.5 Å². The van der Waals surface area contributed by atoms with Crippen LogP contribution < -0.4 is 5.32 Å². The van der Waals surface area contributed by atoms with Crippen LogP contribution in [-0.4, -0.2) is 72.3 Å². The van der Waals surface area contributed by atoms with Crippen LogP contribution in [0.3, 0.4) is 0 Å². The third-order valence-electron chi connectivity index (χ3n) is 7.49. The lowest BCUT2D eigenvalue weighted by atomic mass is 9.86. The Hall–Kier alpha value is -2.97. The van der Waals surface area contributed by atoms with Crippen molar-refractivity contribution in [2.45, 2.75) is 25.7 Å². The molecule has 0 bridgehead atoms. The van der Waals surface area contributed by atoms with Gasteiger partial charge >= 0.3 is 0 Å². The highest BCUT2D eigenvalue weighted by molar-refractivity contribution is 5.95. The van der Waals surface area contributed by atoms with Crippen molar-refractivity contribution in [2.24, 2.45) is 5.92 Å². The molecule has 3 aliphatic rings. The predicted molar refractivity (Wildman–Crippen MR) is 151 cm³/mol. The summed E-state index contributed by atoms with van der Waals surface area (Å²) in [5.74, 6) is 0.183. The van der Waals surface area contributed by atoms with E-state index in [9.17, 15) is 9.59 Å². The van der Waals surface area contributed by atoms with Crippen LogP contribution >= 0.6 is 12.4 Å². The Morgan fingerprint density at radius 3 is 1.95 bits per heavy atom. The molecule has 2 aliphatic heterocycles. The third kappa shape index (κ3) is 6.87. The number of halogens is 1. The fourth-order valence-corrected chi connectivity index (χ4v) is 5.49. The lowest BCUT2D eigenvalue weighted by molar-refractivity contribution is -0.128. The van der Waals surface area contributed by atoms with E-state index < -0.39 is 0 Å². The van der Waals surface area contributed by atoms with Gasteiger partial charge in [0.25, 0.3) is 0 Å². The Morgan fingerprint density at radius 1 is 0.865 bits per heavy atom. The molecule has 5 rings (SSSR count). The molecule has 2 amide bonds. The van der Waals surface area contributed by atoms with E-state index in [1.807, 2.05) is 0 Å². The minimum Gasteiger partial charge on any atom is -0.412 e. The lowest BCUT2D eigenvalue weighted by Gasteiger charge is -2.31. The largest absolute Gasteiger partial charge is 0.412 e.